The number of rotatable bonds is 5. The first-order valence-corrected chi connectivity index (χ1v) is 11.8. The Hall–Kier alpha value is -3.45. The number of hydrogen-bond donors (Lipinski definition) is 0. The molecule has 0 N–H and O–H groups in total. The van der Waals surface area contributed by atoms with E-state index in [-0.39, 0.29) is 0 Å². The van der Waals surface area contributed by atoms with Crippen molar-refractivity contribution in [2.24, 2.45) is 5.92 Å². The number of nitrogens with zero attached hydrogens (tertiary/aromatic N) is 2. The van der Waals surface area contributed by atoms with E-state index in [0.717, 1.165) is 62.3 Å². The molecule has 0 amide bonds. The SMILES string of the molecule is Cc1c(C)c2oc(=O)ccc(=O)oc1c1onc(CCC3CCN(Cc4ccccc4)CC3)c21. The highest BCUT2D eigenvalue weighted by Crippen LogP contribution is 2.34. The summed E-state index contributed by atoms with van der Waals surface area (Å²) < 4.78 is 16.8. The van der Waals surface area contributed by atoms with Crippen LogP contribution in [0.15, 0.2) is 65.4 Å². The molecule has 3 heterocycles. The van der Waals surface area contributed by atoms with Crippen molar-refractivity contribution >= 4 is 22.1 Å². The fraction of sp³-hybridized carbons (Fsp3) is 0.370. The zero-order chi connectivity index (χ0) is 23.7. The second-order valence-corrected chi connectivity index (χ2v) is 9.16. The van der Waals surface area contributed by atoms with Crippen LogP contribution in [0.25, 0.3) is 22.1 Å². The quantitative estimate of drug-likeness (QED) is 0.418. The first-order valence-electron chi connectivity index (χ1n) is 11.8. The minimum Gasteiger partial charge on any atom is -0.422 e. The van der Waals surface area contributed by atoms with Crippen molar-refractivity contribution in [1.82, 2.24) is 10.1 Å². The molecule has 2 aromatic heterocycles. The Balaban J connectivity index is 1.38. The minimum atomic E-state index is -0.657. The van der Waals surface area contributed by atoms with Gasteiger partial charge in [0.1, 0.15) is 5.58 Å². The van der Waals surface area contributed by atoms with Crippen LogP contribution < -0.4 is 11.3 Å². The summed E-state index contributed by atoms with van der Waals surface area (Å²) in [6.07, 6.45) is 3.94. The smallest absolute Gasteiger partial charge is 0.336 e. The molecule has 0 radical (unpaired) electrons. The Morgan fingerprint density at radius 3 is 2.24 bits per heavy atom. The van der Waals surface area contributed by atoms with E-state index in [1.54, 1.807) is 0 Å². The lowest BCUT2D eigenvalue weighted by Gasteiger charge is -2.31. The second kappa shape index (κ2) is 9.43. The van der Waals surface area contributed by atoms with Gasteiger partial charge in [0.2, 0.25) is 5.58 Å². The van der Waals surface area contributed by atoms with Crippen LogP contribution in [-0.2, 0) is 13.0 Å². The third-order valence-electron chi connectivity index (χ3n) is 6.95. The molecule has 1 aliphatic heterocycles. The number of aryl methyl sites for hydroxylation is 3. The van der Waals surface area contributed by atoms with Crippen LogP contribution in [-0.4, -0.2) is 23.1 Å². The molecule has 1 saturated heterocycles. The van der Waals surface area contributed by atoms with Crippen LogP contribution in [0.3, 0.4) is 0 Å². The fourth-order valence-electron chi connectivity index (χ4n) is 4.85. The average molecular weight is 461 g/mol. The van der Waals surface area contributed by atoms with Crippen molar-refractivity contribution in [3.63, 3.8) is 0 Å². The van der Waals surface area contributed by atoms with Gasteiger partial charge in [0, 0.05) is 24.2 Å². The standard InChI is InChI=1S/C27H28N2O5/c1-17-18(2)26-27-24(25(17)32-22(30)10-11-23(31)33-26)21(28-34-27)9-8-19-12-14-29(15-13-19)16-20-6-4-3-5-7-20/h3-7,10-11,19H,8-9,12-16H2,1-2H3. The maximum atomic E-state index is 12.3. The van der Waals surface area contributed by atoms with Crippen molar-refractivity contribution in [3.05, 3.63) is 85.7 Å². The van der Waals surface area contributed by atoms with Crippen molar-refractivity contribution in [2.45, 2.75) is 46.1 Å². The van der Waals surface area contributed by atoms with Crippen molar-refractivity contribution in [3.8, 4) is 0 Å². The van der Waals surface area contributed by atoms with Crippen molar-refractivity contribution in [2.75, 3.05) is 13.1 Å². The van der Waals surface area contributed by atoms with Gasteiger partial charge in [-0.15, -0.1) is 0 Å². The maximum absolute atomic E-state index is 12.3. The number of fused-ring (bicyclic) bond motifs is 6. The molecule has 0 spiro atoms. The van der Waals surface area contributed by atoms with Crippen molar-refractivity contribution in [1.29, 1.82) is 0 Å². The van der Waals surface area contributed by atoms with Gasteiger partial charge in [-0.3, -0.25) is 4.90 Å². The minimum absolute atomic E-state index is 0.330. The molecule has 2 aromatic carbocycles. The zero-order valence-corrected chi connectivity index (χ0v) is 19.5. The third kappa shape index (κ3) is 4.48. The lowest BCUT2D eigenvalue weighted by atomic mass is 9.90. The van der Waals surface area contributed by atoms with Crippen LogP contribution >= 0.6 is 0 Å². The van der Waals surface area contributed by atoms with Gasteiger partial charge in [0.05, 0.1) is 11.1 Å². The molecule has 7 heteroatoms. The summed E-state index contributed by atoms with van der Waals surface area (Å²) in [5.74, 6) is 0.593. The molecule has 7 nitrogen and oxygen atoms in total. The average Bonchev–Trinajstić information content (AvgIpc) is 3.27. The largest absolute Gasteiger partial charge is 0.422 e. The Labute approximate surface area is 196 Å². The van der Waals surface area contributed by atoms with Gasteiger partial charge in [-0.2, -0.15) is 0 Å². The van der Waals surface area contributed by atoms with E-state index >= 15 is 0 Å². The number of likely N-dealkylation sites (tertiary alicyclic amines) is 1. The normalized spacial score (nSPS) is 15.2. The molecule has 34 heavy (non-hydrogen) atoms. The molecule has 5 rings (SSSR count). The molecule has 0 unspecified atom stereocenters. The Kier molecular flexibility index (Phi) is 6.20. The van der Waals surface area contributed by atoms with E-state index in [1.165, 1.54) is 5.56 Å². The van der Waals surface area contributed by atoms with Crippen molar-refractivity contribution < 1.29 is 13.4 Å². The highest BCUT2D eigenvalue weighted by molar-refractivity contribution is 6.04. The lowest BCUT2D eigenvalue weighted by molar-refractivity contribution is 0.172. The number of benzene rings is 2. The predicted octanol–water partition coefficient (Wildman–Crippen LogP) is 4.91. The van der Waals surface area contributed by atoms with Gasteiger partial charge in [0.15, 0.2) is 5.58 Å². The van der Waals surface area contributed by atoms with E-state index in [0.29, 0.717) is 40.0 Å². The van der Waals surface area contributed by atoms with E-state index in [9.17, 15) is 9.59 Å². The fourth-order valence-corrected chi connectivity index (χ4v) is 4.85. The molecule has 2 bridgehead atoms. The summed E-state index contributed by atoms with van der Waals surface area (Å²) in [6, 6.07) is 12.7. The first kappa shape index (κ1) is 22.3. The Morgan fingerprint density at radius 1 is 0.882 bits per heavy atom. The summed E-state index contributed by atoms with van der Waals surface area (Å²) in [6.45, 7) is 6.80. The van der Waals surface area contributed by atoms with E-state index < -0.39 is 11.3 Å². The zero-order valence-electron chi connectivity index (χ0n) is 19.5. The van der Waals surface area contributed by atoms with E-state index in [2.05, 4.69) is 34.3 Å². The maximum Gasteiger partial charge on any atom is 0.336 e. The number of piperidine rings is 1. The topological polar surface area (TPSA) is 89.7 Å². The predicted molar refractivity (Wildman–Crippen MR) is 130 cm³/mol. The highest BCUT2D eigenvalue weighted by Gasteiger charge is 2.23. The molecule has 0 atom stereocenters. The van der Waals surface area contributed by atoms with E-state index in [1.807, 2.05) is 19.9 Å². The second-order valence-electron chi connectivity index (χ2n) is 9.16. The van der Waals surface area contributed by atoms with Gasteiger partial charge in [-0.25, -0.2) is 9.59 Å². The molecule has 0 saturated carbocycles. The first-order chi connectivity index (χ1) is 16.5. The van der Waals surface area contributed by atoms with Crippen LogP contribution in [0.2, 0.25) is 0 Å². The summed E-state index contributed by atoms with van der Waals surface area (Å²) >= 11 is 0. The molecule has 0 aliphatic carbocycles. The van der Waals surface area contributed by atoms with E-state index in [4.69, 9.17) is 13.4 Å². The van der Waals surface area contributed by atoms with Gasteiger partial charge in [-0.05, 0) is 69.7 Å². The molecule has 1 fully saturated rings. The Morgan fingerprint density at radius 2 is 1.53 bits per heavy atom. The van der Waals surface area contributed by atoms with Crippen LogP contribution in [0, 0.1) is 19.8 Å². The molecule has 4 aromatic rings. The summed E-state index contributed by atoms with van der Waals surface area (Å²) in [5.41, 5.74) is 3.32. The van der Waals surface area contributed by atoms with Crippen LogP contribution in [0.4, 0.5) is 0 Å². The summed E-state index contributed by atoms with van der Waals surface area (Å²) in [4.78, 5) is 26.9. The van der Waals surface area contributed by atoms with Gasteiger partial charge in [-0.1, -0.05) is 35.5 Å². The Bertz CT molecular complexity index is 1460. The highest BCUT2D eigenvalue weighted by atomic mass is 16.5. The number of hydrogen-bond acceptors (Lipinski definition) is 7. The molecule has 176 valence electrons. The van der Waals surface area contributed by atoms with Crippen LogP contribution in [0.5, 0.6) is 0 Å². The lowest BCUT2D eigenvalue weighted by Crippen LogP contribution is -2.33. The summed E-state index contributed by atoms with van der Waals surface area (Å²) in [5, 5.41) is 4.92. The number of aromatic nitrogens is 1. The van der Waals surface area contributed by atoms with Gasteiger partial charge in [0.25, 0.3) is 0 Å². The monoisotopic (exact) mass is 460 g/mol. The molecular weight excluding hydrogens is 432 g/mol. The summed E-state index contributed by atoms with van der Waals surface area (Å²) in [7, 11) is 0. The molecule has 1 aliphatic rings. The van der Waals surface area contributed by atoms with Gasteiger partial charge < -0.3 is 13.4 Å². The van der Waals surface area contributed by atoms with Gasteiger partial charge >= 0.3 is 11.3 Å². The molecular formula is C27H28N2O5. The van der Waals surface area contributed by atoms with Crippen LogP contribution in [0.1, 0.15) is 41.6 Å². The third-order valence-corrected chi connectivity index (χ3v) is 6.95.